The molecule has 0 aromatic heterocycles. The fourth-order valence-corrected chi connectivity index (χ4v) is 2.74. The third-order valence-electron chi connectivity index (χ3n) is 2.99. The lowest BCUT2D eigenvalue weighted by Crippen LogP contribution is -2.36. The first-order valence-corrected chi connectivity index (χ1v) is 7.26. The van der Waals surface area contributed by atoms with Gasteiger partial charge in [-0.05, 0) is 51.2 Å². The van der Waals surface area contributed by atoms with E-state index >= 15 is 0 Å². The second-order valence-corrected chi connectivity index (χ2v) is 7.44. The highest BCUT2D eigenvalue weighted by atomic mass is 32.2. The molecule has 0 spiro atoms. The lowest BCUT2D eigenvalue weighted by atomic mass is 9.88. The third-order valence-corrected chi connectivity index (χ3v) is 4.53. The van der Waals surface area contributed by atoms with Crippen LogP contribution in [0.3, 0.4) is 0 Å². The van der Waals surface area contributed by atoms with Crippen molar-refractivity contribution < 1.29 is 5.58 Å². The first kappa shape index (κ1) is 11.4. The van der Waals surface area contributed by atoms with Crippen LogP contribution in [0.25, 0.3) is 0 Å². The topological polar surface area (TPSA) is 29.1 Å². The van der Waals surface area contributed by atoms with Gasteiger partial charge in [-0.25, -0.2) is 8.93 Å². The van der Waals surface area contributed by atoms with Crippen LogP contribution in [-0.2, 0) is 17.4 Å². The molecule has 1 aliphatic rings. The van der Waals surface area contributed by atoms with Gasteiger partial charge >= 0.3 is 0 Å². The summed E-state index contributed by atoms with van der Waals surface area (Å²) in [6, 6.07) is 7.10. The minimum absolute atomic E-state index is 0.347. The van der Waals surface area contributed by atoms with Crippen molar-refractivity contribution in [1.82, 2.24) is 4.72 Å². The first-order chi connectivity index (χ1) is 8.33. The smallest absolute Gasteiger partial charge is 0.0975 e. The summed E-state index contributed by atoms with van der Waals surface area (Å²) in [5, 5.41) is 0. The number of fused-ring (bicyclic) bond motifs is 1. The van der Waals surface area contributed by atoms with E-state index in [-0.39, 0.29) is 4.75 Å². The van der Waals surface area contributed by atoms with E-state index in [1.54, 1.807) is 0 Å². The molecule has 94 valence electrons. The number of nitrogens with one attached hydrogen (secondary N) is 1. The summed E-state index contributed by atoms with van der Waals surface area (Å²) in [6.45, 7) is 5.77. The number of rotatable bonds is 2. The summed E-state index contributed by atoms with van der Waals surface area (Å²) >= 11 is 0. The van der Waals surface area contributed by atoms with Crippen molar-refractivity contribution in [3.63, 3.8) is 0 Å². The van der Waals surface area contributed by atoms with Crippen LogP contribution in [0.15, 0.2) is 24.3 Å². The zero-order valence-electron chi connectivity index (χ0n) is 11.7. The zero-order chi connectivity index (χ0) is 13.4. The number of benzene rings is 1. The maximum Gasteiger partial charge on any atom is 0.0975 e. The lowest BCUT2D eigenvalue weighted by molar-refractivity contribution is 0.523. The highest BCUT2D eigenvalue weighted by molar-refractivity contribution is 7.84. The van der Waals surface area contributed by atoms with E-state index in [1.807, 2.05) is 39.0 Å². The Balaban J connectivity index is 2.30. The molecule has 0 saturated carbocycles. The first-order valence-electron chi connectivity index (χ1n) is 6.61. The van der Waals surface area contributed by atoms with Crippen molar-refractivity contribution in [1.29, 1.82) is 0 Å². The molecule has 1 aliphatic carbocycles. The molecule has 0 bridgehead atoms. The molecule has 1 N–H and O–H groups in total. The maximum atomic E-state index is 12.2. The highest BCUT2D eigenvalue weighted by Gasteiger charge is 2.26. The van der Waals surface area contributed by atoms with E-state index in [2.05, 4.69) is 10.8 Å². The summed E-state index contributed by atoms with van der Waals surface area (Å²) in [7, 11) is -1.22. The van der Waals surface area contributed by atoms with Gasteiger partial charge in [0.05, 0.1) is 17.1 Å². The normalized spacial score (nSPS) is 27.1. The molecular formula is C14H21NOS. The Hall–Kier alpha value is -0.670. The summed E-state index contributed by atoms with van der Waals surface area (Å²) in [4.78, 5) is 0. The molecule has 0 unspecified atom stereocenters. The van der Waals surface area contributed by atoms with E-state index in [0.717, 1.165) is 18.4 Å². The van der Waals surface area contributed by atoms with Crippen molar-refractivity contribution in [3.05, 3.63) is 35.4 Å². The molecule has 2 nitrogen and oxygen atoms in total. The maximum absolute atomic E-state index is 12.2. The third kappa shape index (κ3) is 2.96. The van der Waals surface area contributed by atoms with Crippen LogP contribution in [0.1, 0.15) is 52.1 Å². The van der Waals surface area contributed by atoms with E-state index in [9.17, 15) is 4.21 Å². The second-order valence-electron chi connectivity index (χ2n) is 5.47. The molecule has 0 amide bonds. The van der Waals surface area contributed by atoms with Crippen LogP contribution in [-0.4, -0.2) is 8.96 Å². The van der Waals surface area contributed by atoms with E-state index in [4.69, 9.17) is 1.37 Å². The van der Waals surface area contributed by atoms with Crippen molar-refractivity contribution in [2.75, 3.05) is 0 Å². The quantitative estimate of drug-likeness (QED) is 0.861. The SMILES string of the molecule is [2H][C@]1(N[S@](=O)C(C)(C)C)CCCc2ccccc21. The van der Waals surface area contributed by atoms with Gasteiger partial charge in [0.25, 0.3) is 0 Å². The number of hydrogen-bond acceptors (Lipinski definition) is 1. The molecule has 0 heterocycles. The summed E-state index contributed by atoms with van der Waals surface area (Å²) < 4.78 is 23.5. The Labute approximate surface area is 108 Å². The minimum Gasteiger partial charge on any atom is -0.242 e. The molecule has 2 atom stereocenters. The fourth-order valence-electron chi connectivity index (χ4n) is 1.99. The molecular weight excluding hydrogens is 230 g/mol. The lowest BCUT2D eigenvalue weighted by Gasteiger charge is -2.29. The molecule has 3 heteroatoms. The van der Waals surface area contributed by atoms with E-state index in [0.29, 0.717) is 6.42 Å². The molecule has 2 rings (SSSR count). The minimum atomic E-state index is -1.22. The van der Waals surface area contributed by atoms with Gasteiger partial charge in [-0.2, -0.15) is 0 Å². The number of aryl methyl sites for hydroxylation is 1. The van der Waals surface area contributed by atoms with Crippen LogP contribution in [0.2, 0.25) is 0 Å². The predicted octanol–water partition coefficient (Wildman–Crippen LogP) is 3.12. The van der Waals surface area contributed by atoms with E-state index in [1.165, 1.54) is 5.56 Å². The Morgan fingerprint density at radius 1 is 1.41 bits per heavy atom. The van der Waals surface area contributed by atoms with Crippen LogP contribution >= 0.6 is 0 Å². The van der Waals surface area contributed by atoms with Gasteiger partial charge in [0.2, 0.25) is 0 Å². The van der Waals surface area contributed by atoms with Gasteiger partial charge in [-0.15, -0.1) is 0 Å². The van der Waals surface area contributed by atoms with Crippen LogP contribution in [0, 0.1) is 0 Å². The Bertz CT molecular complexity index is 469. The van der Waals surface area contributed by atoms with Crippen molar-refractivity contribution in [2.24, 2.45) is 0 Å². The summed E-state index contributed by atoms with van der Waals surface area (Å²) in [5.41, 5.74) is 2.19. The predicted molar refractivity (Wildman–Crippen MR) is 73.2 cm³/mol. The van der Waals surface area contributed by atoms with Gasteiger partial charge in [-0.1, -0.05) is 24.3 Å². The summed E-state index contributed by atoms with van der Waals surface area (Å²) in [6.07, 6.45) is 2.70. The van der Waals surface area contributed by atoms with E-state index < -0.39 is 17.0 Å². The highest BCUT2D eigenvalue weighted by Crippen LogP contribution is 2.30. The molecule has 0 aliphatic heterocycles. The standard InChI is InChI=1S/C14H21NOS/c1-14(2,3)17(16)15-13-10-6-8-11-7-4-5-9-12(11)13/h4-5,7,9,13,15H,6,8,10H2,1-3H3/t13-,17+/m0/s1/i13D. The average Bonchev–Trinajstić information content (AvgIpc) is 2.28. The van der Waals surface area contributed by atoms with Crippen LogP contribution in [0.5, 0.6) is 0 Å². The van der Waals surface area contributed by atoms with Gasteiger partial charge < -0.3 is 0 Å². The Morgan fingerprint density at radius 3 is 2.82 bits per heavy atom. The van der Waals surface area contributed by atoms with Crippen molar-refractivity contribution >= 4 is 11.0 Å². The molecule has 17 heavy (non-hydrogen) atoms. The van der Waals surface area contributed by atoms with Gasteiger partial charge in [-0.3, -0.25) is 0 Å². The van der Waals surface area contributed by atoms with Gasteiger partial charge in [0, 0.05) is 6.02 Å². The molecule has 1 aromatic rings. The van der Waals surface area contributed by atoms with Gasteiger partial charge in [0.15, 0.2) is 0 Å². The second kappa shape index (κ2) is 4.91. The molecule has 0 saturated heterocycles. The monoisotopic (exact) mass is 252 g/mol. The summed E-state index contributed by atoms with van der Waals surface area (Å²) in [5.74, 6) is 0. The molecule has 0 fully saturated rings. The van der Waals surface area contributed by atoms with Crippen molar-refractivity contribution in [2.45, 2.75) is 50.8 Å². The van der Waals surface area contributed by atoms with Crippen LogP contribution in [0.4, 0.5) is 0 Å². The van der Waals surface area contributed by atoms with Crippen molar-refractivity contribution in [3.8, 4) is 0 Å². The molecule has 1 aromatic carbocycles. The Morgan fingerprint density at radius 2 is 2.12 bits per heavy atom. The average molecular weight is 252 g/mol. The fraction of sp³-hybridized carbons (Fsp3) is 0.571. The number of hydrogen-bond donors (Lipinski definition) is 1. The Kier molecular flexibility index (Phi) is 3.30. The largest absolute Gasteiger partial charge is 0.242 e. The van der Waals surface area contributed by atoms with Gasteiger partial charge in [0.1, 0.15) is 0 Å². The zero-order valence-corrected chi connectivity index (χ0v) is 11.6. The van der Waals surface area contributed by atoms with Crippen LogP contribution < -0.4 is 4.72 Å². The molecule has 0 radical (unpaired) electrons.